The van der Waals surface area contributed by atoms with Gasteiger partial charge in [-0.3, -0.25) is 4.57 Å². The molecule has 0 atom stereocenters. The highest BCUT2D eigenvalue weighted by Gasteiger charge is 2.20. The SMILES string of the molecule is CC(C)(C)c1nc(-n2ccnc2)nc2ccccc12. The lowest BCUT2D eigenvalue weighted by Gasteiger charge is -2.20. The molecule has 0 aliphatic heterocycles. The van der Waals surface area contributed by atoms with Gasteiger partial charge < -0.3 is 0 Å². The van der Waals surface area contributed by atoms with Gasteiger partial charge in [0.15, 0.2) is 0 Å². The van der Waals surface area contributed by atoms with Gasteiger partial charge in [-0.15, -0.1) is 0 Å². The van der Waals surface area contributed by atoms with Crippen LogP contribution in [-0.4, -0.2) is 19.5 Å². The van der Waals surface area contributed by atoms with Crippen molar-refractivity contribution in [1.29, 1.82) is 0 Å². The standard InChI is InChI=1S/C15H16N4/c1-15(2,3)13-11-6-4-5-7-12(11)17-14(18-13)19-9-8-16-10-19/h4-10H,1-3H3. The highest BCUT2D eigenvalue weighted by molar-refractivity contribution is 5.82. The molecule has 0 spiro atoms. The largest absolute Gasteiger partial charge is 0.274 e. The average molecular weight is 252 g/mol. The van der Waals surface area contributed by atoms with E-state index in [4.69, 9.17) is 4.98 Å². The molecule has 0 amide bonds. The van der Waals surface area contributed by atoms with Crippen LogP contribution in [0.1, 0.15) is 26.5 Å². The maximum absolute atomic E-state index is 4.73. The van der Waals surface area contributed by atoms with Crippen LogP contribution in [0.4, 0.5) is 0 Å². The second-order valence-corrected chi connectivity index (χ2v) is 5.61. The molecule has 2 heterocycles. The molecule has 2 aromatic heterocycles. The number of benzene rings is 1. The third-order valence-corrected chi connectivity index (χ3v) is 3.04. The molecule has 4 heteroatoms. The third kappa shape index (κ3) is 2.10. The molecular weight excluding hydrogens is 236 g/mol. The molecule has 0 aliphatic rings. The third-order valence-electron chi connectivity index (χ3n) is 3.04. The lowest BCUT2D eigenvalue weighted by Crippen LogP contribution is -2.16. The summed E-state index contributed by atoms with van der Waals surface area (Å²) in [7, 11) is 0. The van der Waals surface area contributed by atoms with Gasteiger partial charge in [-0.2, -0.15) is 0 Å². The Kier molecular flexibility index (Phi) is 2.59. The zero-order valence-corrected chi connectivity index (χ0v) is 11.3. The van der Waals surface area contributed by atoms with Gasteiger partial charge in [0.05, 0.1) is 11.2 Å². The van der Waals surface area contributed by atoms with Crippen LogP contribution in [0, 0.1) is 0 Å². The van der Waals surface area contributed by atoms with E-state index in [1.54, 1.807) is 12.5 Å². The Morgan fingerprint density at radius 2 is 1.84 bits per heavy atom. The van der Waals surface area contributed by atoms with E-state index < -0.39 is 0 Å². The van der Waals surface area contributed by atoms with Crippen LogP contribution in [0.5, 0.6) is 0 Å². The van der Waals surface area contributed by atoms with E-state index in [0.717, 1.165) is 16.6 Å². The predicted molar refractivity (Wildman–Crippen MR) is 75.4 cm³/mol. The highest BCUT2D eigenvalue weighted by atomic mass is 15.2. The topological polar surface area (TPSA) is 43.6 Å². The van der Waals surface area contributed by atoms with Gasteiger partial charge in [0, 0.05) is 23.2 Å². The Balaban J connectivity index is 2.33. The van der Waals surface area contributed by atoms with Gasteiger partial charge in [0.1, 0.15) is 6.33 Å². The maximum atomic E-state index is 4.73. The average Bonchev–Trinajstić information content (AvgIpc) is 2.90. The fraction of sp³-hybridized carbons (Fsp3) is 0.267. The van der Waals surface area contributed by atoms with Crippen LogP contribution in [0.25, 0.3) is 16.9 Å². The summed E-state index contributed by atoms with van der Waals surface area (Å²) in [4.78, 5) is 13.4. The van der Waals surface area contributed by atoms with E-state index in [1.807, 2.05) is 29.0 Å². The smallest absolute Gasteiger partial charge is 0.235 e. The first kappa shape index (κ1) is 11.8. The zero-order valence-electron chi connectivity index (χ0n) is 11.3. The number of hydrogen-bond donors (Lipinski definition) is 0. The molecule has 0 unspecified atom stereocenters. The molecule has 0 N–H and O–H groups in total. The molecule has 0 saturated carbocycles. The van der Waals surface area contributed by atoms with E-state index >= 15 is 0 Å². The van der Waals surface area contributed by atoms with Crippen LogP contribution in [0.15, 0.2) is 43.0 Å². The maximum Gasteiger partial charge on any atom is 0.235 e. The van der Waals surface area contributed by atoms with Gasteiger partial charge in [0.25, 0.3) is 0 Å². The van der Waals surface area contributed by atoms with Crippen molar-refractivity contribution in [2.24, 2.45) is 0 Å². The fourth-order valence-electron chi connectivity index (χ4n) is 2.13. The van der Waals surface area contributed by atoms with Crippen molar-refractivity contribution >= 4 is 10.9 Å². The Labute approximate surface area is 112 Å². The molecule has 3 rings (SSSR count). The molecule has 19 heavy (non-hydrogen) atoms. The van der Waals surface area contributed by atoms with Crippen molar-refractivity contribution in [3.8, 4) is 5.95 Å². The minimum Gasteiger partial charge on any atom is -0.274 e. The lowest BCUT2D eigenvalue weighted by molar-refractivity contribution is 0.572. The van der Waals surface area contributed by atoms with E-state index in [-0.39, 0.29) is 5.41 Å². The molecule has 0 radical (unpaired) electrons. The highest BCUT2D eigenvalue weighted by Crippen LogP contribution is 2.28. The van der Waals surface area contributed by atoms with Crippen molar-refractivity contribution in [2.75, 3.05) is 0 Å². The van der Waals surface area contributed by atoms with E-state index in [9.17, 15) is 0 Å². The van der Waals surface area contributed by atoms with Gasteiger partial charge in [-0.25, -0.2) is 15.0 Å². The number of para-hydroxylation sites is 1. The Morgan fingerprint density at radius 3 is 2.53 bits per heavy atom. The zero-order chi connectivity index (χ0) is 13.5. The quantitative estimate of drug-likeness (QED) is 0.668. The molecule has 96 valence electrons. The van der Waals surface area contributed by atoms with Crippen molar-refractivity contribution in [1.82, 2.24) is 19.5 Å². The summed E-state index contributed by atoms with van der Waals surface area (Å²) in [5.74, 6) is 0.668. The summed E-state index contributed by atoms with van der Waals surface area (Å²) >= 11 is 0. The fourth-order valence-corrected chi connectivity index (χ4v) is 2.13. The summed E-state index contributed by atoms with van der Waals surface area (Å²) in [6.45, 7) is 6.50. The van der Waals surface area contributed by atoms with E-state index in [1.165, 1.54) is 0 Å². The van der Waals surface area contributed by atoms with Crippen LogP contribution in [-0.2, 0) is 5.41 Å². The Hall–Kier alpha value is -2.23. The first-order valence-corrected chi connectivity index (χ1v) is 6.31. The lowest BCUT2D eigenvalue weighted by atomic mass is 9.89. The minimum atomic E-state index is -0.0299. The molecule has 0 bridgehead atoms. The molecule has 3 aromatic rings. The summed E-state index contributed by atoms with van der Waals surface area (Å²) in [5, 5.41) is 1.11. The van der Waals surface area contributed by atoms with Gasteiger partial charge in [-0.1, -0.05) is 39.0 Å². The second-order valence-electron chi connectivity index (χ2n) is 5.61. The van der Waals surface area contributed by atoms with Crippen LogP contribution >= 0.6 is 0 Å². The number of nitrogens with zero attached hydrogens (tertiary/aromatic N) is 4. The molecule has 0 fully saturated rings. The monoisotopic (exact) mass is 252 g/mol. The molecule has 0 aliphatic carbocycles. The van der Waals surface area contributed by atoms with Crippen LogP contribution < -0.4 is 0 Å². The number of imidazole rings is 1. The predicted octanol–water partition coefficient (Wildman–Crippen LogP) is 3.11. The van der Waals surface area contributed by atoms with Crippen LogP contribution in [0.2, 0.25) is 0 Å². The summed E-state index contributed by atoms with van der Waals surface area (Å²) in [6.07, 6.45) is 5.31. The normalized spacial score (nSPS) is 11.9. The van der Waals surface area contributed by atoms with Gasteiger partial charge in [-0.05, 0) is 6.07 Å². The van der Waals surface area contributed by atoms with Crippen molar-refractivity contribution < 1.29 is 0 Å². The molecule has 0 saturated heterocycles. The Morgan fingerprint density at radius 1 is 1.05 bits per heavy atom. The Bertz CT molecular complexity index is 709. The molecule has 1 aromatic carbocycles. The van der Waals surface area contributed by atoms with Gasteiger partial charge in [0.2, 0.25) is 5.95 Å². The first-order valence-electron chi connectivity index (χ1n) is 6.31. The minimum absolute atomic E-state index is 0.0299. The van der Waals surface area contributed by atoms with Crippen LogP contribution in [0.3, 0.4) is 0 Å². The number of rotatable bonds is 1. The first-order chi connectivity index (χ1) is 9.05. The van der Waals surface area contributed by atoms with Crippen molar-refractivity contribution in [3.05, 3.63) is 48.7 Å². The molecular formula is C15H16N4. The number of hydrogen-bond acceptors (Lipinski definition) is 3. The van der Waals surface area contributed by atoms with E-state index in [0.29, 0.717) is 5.95 Å². The number of fused-ring (bicyclic) bond motifs is 1. The van der Waals surface area contributed by atoms with Crippen molar-refractivity contribution in [2.45, 2.75) is 26.2 Å². The summed E-state index contributed by atoms with van der Waals surface area (Å²) in [5.41, 5.74) is 1.99. The summed E-state index contributed by atoms with van der Waals surface area (Å²) < 4.78 is 1.84. The summed E-state index contributed by atoms with van der Waals surface area (Å²) in [6, 6.07) is 8.12. The van der Waals surface area contributed by atoms with E-state index in [2.05, 4.69) is 36.8 Å². The second kappa shape index (κ2) is 4.16. The van der Waals surface area contributed by atoms with Gasteiger partial charge >= 0.3 is 0 Å². The molecule has 4 nitrogen and oxygen atoms in total. The van der Waals surface area contributed by atoms with Crippen molar-refractivity contribution in [3.63, 3.8) is 0 Å². The number of aromatic nitrogens is 4.